The molecule has 2 aromatic rings. The number of carbonyl (C=O) groups excluding carboxylic acids is 1. The Balaban J connectivity index is 1.99. The molecule has 1 aromatic carbocycles. The summed E-state index contributed by atoms with van der Waals surface area (Å²) >= 11 is 0. The van der Waals surface area contributed by atoms with Gasteiger partial charge in [0, 0.05) is 25.2 Å². The van der Waals surface area contributed by atoms with Crippen LogP contribution in [0.15, 0.2) is 35.7 Å². The molecule has 0 aliphatic heterocycles. The first-order chi connectivity index (χ1) is 10.3. The molecule has 0 fully saturated rings. The molecule has 0 spiro atoms. The van der Waals surface area contributed by atoms with Gasteiger partial charge in [-0.05, 0) is 24.1 Å². The van der Waals surface area contributed by atoms with Gasteiger partial charge < -0.3 is 9.88 Å². The zero-order valence-corrected chi connectivity index (χ0v) is 13.0. The molecule has 22 heavy (non-hydrogen) atoms. The number of rotatable bonds is 5. The SMILES string of the molecule is Cc1ccc(CNC(=O)Cn2ccnc2S(C)(=O)=O)cc1F. The molecule has 1 N–H and O–H groups in total. The average Bonchev–Trinajstić information content (AvgIpc) is 2.88. The lowest BCUT2D eigenvalue weighted by Gasteiger charge is -2.08. The minimum atomic E-state index is -3.49. The second kappa shape index (κ2) is 6.27. The number of aryl methyl sites for hydroxylation is 1. The van der Waals surface area contributed by atoms with Gasteiger partial charge in [-0.25, -0.2) is 17.8 Å². The predicted molar refractivity (Wildman–Crippen MR) is 78.3 cm³/mol. The lowest BCUT2D eigenvalue weighted by atomic mass is 10.1. The zero-order chi connectivity index (χ0) is 16.3. The molecule has 8 heteroatoms. The summed E-state index contributed by atoms with van der Waals surface area (Å²) in [5, 5.41) is 2.45. The van der Waals surface area contributed by atoms with Gasteiger partial charge in [-0.15, -0.1) is 0 Å². The van der Waals surface area contributed by atoms with Crippen LogP contribution < -0.4 is 5.32 Å². The van der Waals surface area contributed by atoms with E-state index in [1.54, 1.807) is 19.1 Å². The van der Waals surface area contributed by atoms with E-state index >= 15 is 0 Å². The van der Waals surface area contributed by atoms with Gasteiger partial charge in [0.05, 0.1) is 0 Å². The normalized spacial score (nSPS) is 11.4. The minimum absolute atomic E-state index is 0.163. The van der Waals surface area contributed by atoms with Crippen LogP contribution in [0.2, 0.25) is 0 Å². The van der Waals surface area contributed by atoms with E-state index in [9.17, 15) is 17.6 Å². The molecule has 118 valence electrons. The standard InChI is InChI=1S/C14H16FN3O3S/c1-10-3-4-11(7-12(10)15)8-17-13(19)9-18-6-5-16-14(18)22(2,20)21/h3-7H,8-9H2,1-2H3,(H,17,19). The number of hydrogen-bond acceptors (Lipinski definition) is 4. The average molecular weight is 325 g/mol. The lowest BCUT2D eigenvalue weighted by molar-refractivity contribution is -0.121. The van der Waals surface area contributed by atoms with Crippen LogP contribution in [0.3, 0.4) is 0 Å². The lowest BCUT2D eigenvalue weighted by Crippen LogP contribution is -2.28. The Kier molecular flexibility index (Phi) is 4.60. The van der Waals surface area contributed by atoms with Crippen molar-refractivity contribution in [1.82, 2.24) is 14.9 Å². The Hall–Kier alpha value is -2.22. The van der Waals surface area contributed by atoms with E-state index in [0.29, 0.717) is 11.1 Å². The third kappa shape index (κ3) is 3.91. The van der Waals surface area contributed by atoms with E-state index in [0.717, 1.165) is 6.26 Å². The Morgan fingerprint density at radius 2 is 2.14 bits per heavy atom. The number of carbonyl (C=O) groups is 1. The molecule has 1 heterocycles. The summed E-state index contributed by atoms with van der Waals surface area (Å²) in [6, 6.07) is 4.71. The van der Waals surface area contributed by atoms with Crippen LogP contribution in [0.25, 0.3) is 0 Å². The maximum Gasteiger partial charge on any atom is 0.240 e. The summed E-state index contributed by atoms with van der Waals surface area (Å²) in [4.78, 5) is 15.6. The number of hydrogen-bond donors (Lipinski definition) is 1. The fourth-order valence-electron chi connectivity index (χ4n) is 1.90. The van der Waals surface area contributed by atoms with Crippen LogP contribution in [0.5, 0.6) is 0 Å². The van der Waals surface area contributed by atoms with Crippen molar-refractivity contribution in [2.24, 2.45) is 0 Å². The Morgan fingerprint density at radius 1 is 1.41 bits per heavy atom. The summed E-state index contributed by atoms with van der Waals surface area (Å²) in [5.74, 6) is -0.718. The van der Waals surface area contributed by atoms with E-state index in [1.807, 2.05) is 0 Å². The quantitative estimate of drug-likeness (QED) is 0.891. The first kappa shape index (κ1) is 16.2. The maximum absolute atomic E-state index is 13.4. The van der Waals surface area contributed by atoms with Crippen LogP contribution in [-0.4, -0.2) is 30.1 Å². The van der Waals surface area contributed by atoms with Crippen LogP contribution in [0, 0.1) is 12.7 Å². The predicted octanol–water partition coefficient (Wildman–Crippen LogP) is 1.05. The molecule has 0 saturated heterocycles. The van der Waals surface area contributed by atoms with Crippen LogP contribution >= 0.6 is 0 Å². The van der Waals surface area contributed by atoms with Crippen LogP contribution in [-0.2, 0) is 27.7 Å². The summed E-state index contributed by atoms with van der Waals surface area (Å²) in [7, 11) is -3.49. The minimum Gasteiger partial charge on any atom is -0.350 e. The molecule has 1 amide bonds. The molecule has 0 aliphatic carbocycles. The third-order valence-electron chi connectivity index (χ3n) is 3.05. The number of imidazole rings is 1. The van der Waals surface area contributed by atoms with Gasteiger partial charge in [0.25, 0.3) is 0 Å². The monoisotopic (exact) mass is 325 g/mol. The van der Waals surface area contributed by atoms with Crippen molar-refractivity contribution in [1.29, 1.82) is 0 Å². The molecule has 0 atom stereocenters. The fraction of sp³-hybridized carbons (Fsp3) is 0.286. The fourth-order valence-corrected chi connectivity index (χ4v) is 2.71. The Labute approximate surface area is 127 Å². The van der Waals surface area contributed by atoms with E-state index in [4.69, 9.17) is 0 Å². The van der Waals surface area contributed by atoms with Crippen molar-refractivity contribution in [3.8, 4) is 0 Å². The highest BCUT2D eigenvalue weighted by molar-refractivity contribution is 7.90. The largest absolute Gasteiger partial charge is 0.350 e. The van der Waals surface area contributed by atoms with Crippen molar-refractivity contribution in [3.05, 3.63) is 47.5 Å². The number of amides is 1. The first-order valence-corrected chi connectivity index (χ1v) is 8.39. The topological polar surface area (TPSA) is 81.1 Å². The number of aromatic nitrogens is 2. The maximum atomic E-state index is 13.4. The van der Waals surface area contributed by atoms with E-state index in [1.165, 1.54) is 23.0 Å². The smallest absolute Gasteiger partial charge is 0.240 e. The molecular formula is C14H16FN3O3S. The molecule has 2 rings (SSSR count). The van der Waals surface area contributed by atoms with Gasteiger partial charge in [-0.2, -0.15) is 0 Å². The summed E-state index contributed by atoms with van der Waals surface area (Å²) < 4.78 is 37.6. The third-order valence-corrected chi connectivity index (χ3v) is 4.05. The highest BCUT2D eigenvalue weighted by Crippen LogP contribution is 2.09. The van der Waals surface area contributed by atoms with E-state index in [-0.39, 0.29) is 30.0 Å². The molecule has 0 radical (unpaired) electrons. The second-order valence-electron chi connectivity index (χ2n) is 4.97. The van der Waals surface area contributed by atoms with Gasteiger partial charge in [0.2, 0.25) is 20.9 Å². The molecule has 0 aliphatic rings. The van der Waals surface area contributed by atoms with Crippen LogP contribution in [0.1, 0.15) is 11.1 Å². The zero-order valence-electron chi connectivity index (χ0n) is 12.2. The van der Waals surface area contributed by atoms with Gasteiger partial charge in [0.15, 0.2) is 0 Å². The van der Waals surface area contributed by atoms with E-state index < -0.39 is 9.84 Å². The van der Waals surface area contributed by atoms with Gasteiger partial charge in [-0.1, -0.05) is 12.1 Å². The first-order valence-electron chi connectivity index (χ1n) is 6.50. The number of sulfone groups is 1. The summed E-state index contributed by atoms with van der Waals surface area (Å²) in [6.45, 7) is 1.65. The van der Waals surface area contributed by atoms with Crippen LogP contribution in [0.4, 0.5) is 4.39 Å². The van der Waals surface area contributed by atoms with Crippen molar-refractivity contribution < 1.29 is 17.6 Å². The Bertz CT molecular complexity index is 799. The van der Waals surface area contributed by atoms with Crippen molar-refractivity contribution in [2.45, 2.75) is 25.2 Å². The van der Waals surface area contributed by atoms with Gasteiger partial charge in [-0.3, -0.25) is 4.79 Å². The number of nitrogens with zero attached hydrogens (tertiary/aromatic N) is 2. The summed E-state index contributed by atoms with van der Waals surface area (Å²) in [6.07, 6.45) is 3.76. The number of halogens is 1. The Morgan fingerprint density at radius 3 is 2.77 bits per heavy atom. The molecule has 1 aromatic heterocycles. The molecular weight excluding hydrogens is 309 g/mol. The molecule has 6 nitrogen and oxygen atoms in total. The van der Waals surface area contributed by atoms with Gasteiger partial charge >= 0.3 is 0 Å². The molecule has 0 bridgehead atoms. The summed E-state index contributed by atoms with van der Waals surface area (Å²) in [5.41, 5.74) is 1.16. The molecule has 0 saturated carbocycles. The van der Waals surface area contributed by atoms with Crippen molar-refractivity contribution in [2.75, 3.05) is 6.26 Å². The highest BCUT2D eigenvalue weighted by Gasteiger charge is 2.16. The molecule has 0 unspecified atom stereocenters. The van der Waals surface area contributed by atoms with Crippen molar-refractivity contribution in [3.63, 3.8) is 0 Å². The number of nitrogens with one attached hydrogen (secondary N) is 1. The highest BCUT2D eigenvalue weighted by atomic mass is 32.2. The van der Waals surface area contributed by atoms with E-state index in [2.05, 4.69) is 10.3 Å². The number of benzene rings is 1. The van der Waals surface area contributed by atoms with Crippen molar-refractivity contribution >= 4 is 15.7 Å². The van der Waals surface area contributed by atoms with Gasteiger partial charge in [0.1, 0.15) is 12.4 Å². The second-order valence-corrected chi connectivity index (χ2v) is 6.88.